The summed E-state index contributed by atoms with van der Waals surface area (Å²) in [5.74, 6) is 0. The molecule has 0 saturated carbocycles. The van der Waals surface area contributed by atoms with Crippen LogP contribution in [0.4, 0.5) is 5.69 Å². The smallest absolute Gasteiger partial charge is 0.105 e. The molecule has 1 aromatic carbocycles. The molecular weight excluding hydrogens is 326 g/mol. The molecule has 104 valence electrons. The van der Waals surface area contributed by atoms with Gasteiger partial charge >= 0.3 is 0 Å². The van der Waals surface area contributed by atoms with E-state index in [2.05, 4.69) is 26.1 Å². The van der Waals surface area contributed by atoms with E-state index in [4.69, 9.17) is 22.7 Å². The molecule has 0 spiro atoms. The van der Waals surface area contributed by atoms with Crippen molar-refractivity contribution >= 4 is 38.8 Å². The number of halogens is 1. The standard InChI is InChI=1S/C13H18BrN3OS/c14-12-9-10(1-2-11(12)13(15)19)16-3-4-17-5-7-18-8-6-17/h1-2,9,16H,3-8H2,(H2,15,19). The predicted octanol–water partition coefficient (Wildman–Crippen LogP) is 1.83. The number of hydrogen-bond donors (Lipinski definition) is 2. The quantitative estimate of drug-likeness (QED) is 0.799. The zero-order valence-corrected chi connectivity index (χ0v) is 13.1. The van der Waals surface area contributed by atoms with Crippen LogP contribution in [-0.2, 0) is 4.74 Å². The van der Waals surface area contributed by atoms with Gasteiger partial charge in [-0.05, 0) is 34.1 Å². The molecule has 3 N–H and O–H groups in total. The van der Waals surface area contributed by atoms with E-state index in [1.807, 2.05) is 18.2 Å². The zero-order chi connectivity index (χ0) is 13.7. The molecule has 0 radical (unpaired) electrons. The average molecular weight is 344 g/mol. The zero-order valence-electron chi connectivity index (χ0n) is 10.7. The second kappa shape index (κ2) is 7.19. The van der Waals surface area contributed by atoms with Crippen LogP contribution in [0.2, 0.25) is 0 Å². The van der Waals surface area contributed by atoms with Crippen molar-refractivity contribution in [2.24, 2.45) is 5.73 Å². The Labute approximate surface area is 127 Å². The van der Waals surface area contributed by atoms with Gasteiger partial charge in [-0.25, -0.2) is 0 Å². The number of nitrogens with one attached hydrogen (secondary N) is 1. The van der Waals surface area contributed by atoms with E-state index in [0.29, 0.717) is 4.99 Å². The molecule has 0 aliphatic carbocycles. The first-order chi connectivity index (χ1) is 9.16. The summed E-state index contributed by atoms with van der Waals surface area (Å²) in [6.45, 7) is 5.66. The Bertz CT molecular complexity index is 450. The minimum atomic E-state index is 0.409. The third-order valence-corrected chi connectivity index (χ3v) is 3.97. The van der Waals surface area contributed by atoms with Crippen molar-refractivity contribution in [2.45, 2.75) is 0 Å². The second-order valence-corrected chi connectivity index (χ2v) is 5.73. The van der Waals surface area contributed by atoms with E-state index in [9.17, 15) is 0 Å². The van der Waals surface area contributed by atoms with Crippen molar-refractivity contribution < 1.29 is 4.74 Å². The highest BCUT2D eigenvalue weighted by molar-refractivity contribution is 9.10. The number of hydrogen-bond acceptors (Lipinski definition) is 4. The van der Waals surface area contributed by atoms with E-state index in [1.165, 1.54) is 0 Å². The summed E-state index contributed by atoms with van der Waals surface area (Å²) in [5.41, 5.74) is 7.56. The molecule has 0 atom stereocenters. The van der Waals surface area contributed by atoms with Crippen LogP contribution in [0, 0.1) is 0 Å². The van der Waals surface area contributed by atoms with E-state index >= 15 is 0 Å². The number of thiocarbonyl (C=S) groups is 1. The highest BCUT2D eigenvalue weighted by Crippen LogP contribution is 2.21. The van der Waals surface area contributed by atoms with Gasteiger partial charge in [0, 0.05) is 41.9 Å². The summed E-state index contributed by atoms with van der Waals surface area (Å²) < 4.78 is 6.25. The van der Waals surface area contributed by atoms with Crippen molar-refractivity contribution in [3.8, 4) is 0 Å². The van der Waals surface area contributed by atoms with Crippen LogP contribution in [0.25, 0.3) is 0 Å². The molecule has 1 aliphatic heterocycles. The molecule has 2 rings (SSSR count). The molecule has 0 unspecified atom stereocenters. The first kappa shape index (κ1) is 14.7. The van der Waals surface area contributed by atoms with Crippen LogP contribution in [0.15, 0.2) is 22.7 Å². The van der Waals surface area contributed by atoms with E-state index in [-0.39, 0.29) is 0 Å². The first-order valence-corrected chi connectivity index (χ1v) is 7.50. The molecule has 6 heteroatoms. The van der Waals surface area contributed by atoms with Gasteiger partial charge in [0.15, 0.2) is 0 Å². The molecule has 0 aromatic heterocycles. The number of ether oxygens (including phenoxy) is 1. The maximum atomic E-state index is 5.62. The van der Waals surface area contributed by atoms with Crippen molar-refractivity contribution in [2.75, 3.05) is 44.7 Å². The van der Waals surface area contributed by atoms with Gasteiger partial charge in [-0.1, -0.05) is 12.2 Å². The molecule has 1 heterocycles. The van der Waals surface area contributed by atoms with Crippen molar-refractivity contribution in [3.05, 3.63) is 28.2 Å². The fraction of sp³-hybridized carbons (Fsp3) is 0.462. The van der Waals surface area contributed by atoms with Crippen LogP contribution >= 0.6 is 28.1 Å². The highest BCUT2D eigenvalue weighted by Gasteiger charge is 2.09. The van der Waals surface area contributed by atoms with Crippen molar-refractivity contribution in [3.63, 3.8) is 0 Å². The Hall–Kier alpha value is -0.690. The minimum Gasteiger partial charge on any atom is -0.389 e. The lowest BCUT2D eigenvalue weighted by molar-refractivity contribution is 0.0398. The van der Waals surface area contributed by atoms with E-state index in [0.717, 1.165) is 55.1 Å². The first-order valence-electron chi connectivity index (χ1n) is 6.30. The van der Waals surface area contributed by atoms with Crippen LogP contribution in [0.3, 0.4) is 0 Å². The van der Waals surface area contributed by atoms with Gasteiger partial charge in [-0.2, -0.15) is 0 Å². The Morgan fingerprint density at radius 2 is 2.16 bits per heavy atom. The number of rotatable bonds is 5. The van der Waals surface area contributed by atoms with Gasteiger partial charge in [-0.3, -0.25) is 4.90 Å². The fourth-order valence-electron chi connectivity index (χ4n) is 2.01. The average Bonchev–Trinajstić information content (AvgIpc) is 2.39. The SMILES string of the molecule is NC(=S)c1ccc(NCCN2CCOCC2)cc1Br. The minimum absolute atomic E-state index is 0.409. The van der Waals surface area contributed by atoms with Crippen LogP contribution < -0.4 is 11.1 Å². The van der Waals surface area contributed by atoms with Crippen molar-refractivity contribution in [1.29, 1.82) is 0 Å². The third-order valence-electron chi connectivity index (χ3n) is 3.10. The molecule has 4 nitrogen and oxygen atoms in total. The van der Waals surface area contributed by atoms with Gasteiger partial charge in [0.25, 0.3) is 0 Å². The van der Waals surface area contributed by atoms with E-state index in [1.54, 1.807) is 0 Å². The Morgan fingerprint density at radius 3 is 2.79 bits per heavy atom. The molecule has 1 aliphatic rings. The largest absolute Gasteiger partial charge is 0.389 e. The Kier molecular flexibility index (Phi) is 5.57. The molecule has 0 bridgehead atoms. The van der Waals surface area contributed by atoms with Gasteiger partial charge in [-0.15, -0.1) is 0 Å². The normalized spacial score (nSPS) is 16.3. The number of nitrogens with two attached hydrogens (primary N) is 1. The van der Waals surface area contributed by atoms with Crippen LogP contribution in [-0.4, -0.2) is 49.3 Å². The summed E-state index contributed by atoms with van der Waals surface area (Å²) in [5, 5.41) is 3.40. The highest BCUT2D eigenvalue weighted by atomic mass is 79.9. The third kappa shape index (κ3) is 4.42. The summed E-state index contributed by atoms with van der Waals surface area (Å²) in [7, 11) is 0. The molecule has 0 amide bonds. The number of morpholine rings is 1. The lowest BCUT2D eigenvalue weighted by atomic mass is 10.2. The van der Waals surface area contributed by atoms with Crippen molar-refractivity contribution in [1.82, 2.24) is 4.90 Å². The molecule has 1 fully saturated rings. The molecule has 19 heavy (non-hydrogen) atoms. The summed E-state index contributed by atoms with van der Waals surface area (Å²) in [6.07, 6.45) is 0. The number of benzene rings is 1. The fourth-order valence-corrected chi connectivity index (χ4v) is 2.91. The van der Waals surface area contributed by atoms with Gasteiger partial charge in [0.1, 0.15) is 4.99 Å². The molecule has 1 aromatic rings. The summed E-state index contributed by atoms with van der Waals surface area (Å²) >= 11 is 8.46. The second-order valence-electron chi connectivity index (χ2n) is 4.44. The lowest BCUT2D eigenvalue weighted by Crippen LogP contribution is -2.39. The maximum absolute atomic E-state index is 5.62. The van der Waals surface area contributed by atoms with Gasteiger partial charge < -0.3 is 15.8 Å². The Balaban J connectivity index is 1.82. The Morgan fingerprint density at radius 1 is 1.42 bits per heavy atom. The monoisotopic (exact) mass is 343 g/mol. The molecular formula is C13H18BrN3OS. The number of nitrogens with zero attached hydrogens (tertiary/aromatic N) is 1. The predicted molar refractivity (Wildman–Crippen MR) is 85.8 cm³/mol. The van der Waals surface area contributed by atoms with Gasteiger partial charge in [0.05, 0.1) is 13.2 Å². The number of anilines is 1. The van der Waals surface area contributed by atoms with Crippen LogP contribution in [0.5, 0.6) is 0 Å². The van der Waals surface area contributed by atoms with E-state index < -0.39 is 0 Å². The topological polar surface area (TPSA) is 50.5 Å². The summed E-state index contributed by atoms with van der Waals surface area (Å²) in [4.78, 5) is 2.81. The lowest BCUT2D eigenvalue weighted by Gasteiger charge is -2.26. The van der Waals surface area contributed by atoms with Crippen LogP contribution in [0.1, 0.15) is 5.56 Å². The summed E-state index contributed by atoms with van der Waals surface area (Å²) in [6, 6.07) is 5.94. The molecule has 1 saturated heterocycles. The van der Waals surface area contributed by atoms with Gasteiger partial charge in [0.2, 0.25) is 0 Å². The maximum Gasteiger partial charge on any atom is 0.105 e.